The molecule has 124 valence electrons. The molecule has 1 saturated carbocycles. The molecular weight excluding hydrogens is 270 g/mol. The van der Waals surface area contributed by atoms with Crippen LogP contribution in [0.1, 0.15) is 81.8 Å². The number of hydrogen-bond donors (Lipinski definition) is 2. The molecule has 1 aromatic carbocycles. The van der Waals surface area contributed by atoms with Gasteiger partial charge >= 0.3 is 0 Å². The maximum atomic E-state index is 10.9. The third-order valence-corrected chi connectivity index (χ3v) is 5.28. The summed E-state index contributed by atoms with van der Waals surface area (Å²) in [5.41, 5.74) is 7.98. The summed E-state index contributed by atoms with van der Waals surface area (Å²) < 4.78 is 0. The van der Waals surface area contributed by atoms with Crippen LogP contribution < -0.4 is 5.73 Å². The van der Waals surface area contributed by atoms with Crippen LogP contribution in [0.4, 0.5) is 0 Å². The van der Waals surface area contributed by atoms with E-state index in [1.165, 1.54) is 43.2 Å². The Morgan fingerprint density at radius 1 is 1.14 bits per heavy atom. The SMILES string of the molecule is CC(CCN)c1cccc(CCC2(O)CCCCCCC2)c1. The first kappa shape index (κ1) is 17.5. The first-order valence-corrected chi connectivity index (χ1v) is 9.14. The van der Waals surface area contributed by atoms with E-state index < -0.39 is 5.60 Å². The lowest BCUT2D eigenvalue weighted by atomic mass is 9.82. The third kappa shape index (κ3) is 5.40. The van der Waals surface area contributed by atoms with Crippen LogP contribution in [-0.2, 0) is 6.42 Å². The molecule has 2 rings (SSSR count). The summed E-state index contributed by atoms with van der Waals surface area (Å²) in [5.74, 6) is 0.523. The van der Waals surface area contributed by atoms with Gasteiger partial charge in [-0.25, -0.2) is 0 Å². The van der Waals surface area contributed by atoms with Gasteiger partial charge in [0.2, 0.25) is 0 Å². The summed E-state index contributed by atoms with van der Waals surface area (Å²) in [6.45, 7) is 2.99. The van der Waals surface area contributed by atoms with Crippen LogP contribution in [0.2, 0.25) is 0 Å². The van der Waals surface area contributed by atoms with Crippen molar-refractivity contribution in [3.63, 3.8) is 0 Å². The van der Waals surface area contributed by atoms with Gasteiger partial charge in [-0.1, -0.05) is 63.3 Å². The van der Waals surface area contributed by atoms with E-state index >= 15 is 0 Å². The number of aryl methyl sites for hydroxylation is 1. The molecule has 22 heavy (non-hydrogen) atoms. The summed E-state index contributed by atoms with van der Waals surface area (Å²) in [7, 11) is 0. The predicted octanol–water partition coefficient (Wildman–Crippen LogP) is 4.55. The van der Waals surface area contributed by atoms with E-state index in [-0.39, 0.29) is 0 Å². The standard InChI is InChI=1S/C20H33NO/c1-17(11-15-21)19-9-7-8-18(16-19)10-14-20(22)12-5-3-2-4-6-13-20/h7-9,16-17,22H,2-6,10-15,21H2,1H3. The highest BCUT2D eigenvalue weighted by Crippen LogP contribution is 2.30. The Bertz CT molecular complexity index is 435. The molecule has 1 unspecified atom stereocenters. The third-order valence-electron chi connectivity index (χ3n) is 5.28. The molecule has 0 spiro atoms. The summed E-state index contributed by atoms with van der Waals surface area (Å²) in [6.07, 6.45) is 11.2. The Balaban J connectivity index is 1.93. The molecule has 0 aliphatic heterocycles. The number of hydrogen-bond acceptors (Lipinski definition) is 2. The van der Waals surface area contributed by atoms with Gasteiger partial charge in [0.15, 0.2) is 0 Å². The summed E-state index contributed by atoms with van der Waals surface area (Å²) >= 11 is 0. The van der Waals surface area contributed by atoms with Crippen LogP contribution in [0.15, 0.2) is 24.3 Å². The van der Waals surface area contributed by atoms with E-state index in [1.807, 2.05) is 0 Å². The van der Waals surface area contributed by atoms with E-state index in [2.05, 4.69) is 31.2 Å². The summed E-state index contributed by atoms with van der Waals surface area (Å²) in [6, 6.07) is 8.87. The average Bonchev–Trinajstić information content (AvgIpc) is 2.50. The van der Waals surface area contributed by atoms with E-state index in [0.29, 0.717) is 5.92 Å². The highest BCUT2D eigenvalue weighted by atomic mass is 16.3. The van der Waals surface area contributed by atoms with Gasteiger partial charge < -0.3 is 10.8 Å². The van der Waals surface area contributed by atoms with Gasteiger partial charge in [0.25, 0.3) is 0 Å². The van der Waals surface area contributed by atoms with Crippen molar-refractivity contribution >= 4 is 0 Å². The molecule has 0 heterocycles. The number of benzene rings is 1. The summed E-state index contributed by atoms with van der Waals surface area (Å²) in [5, 5.41) is 10.9. The Labute approximate surface area is 136 Å². The first-order chi connectivity index (χ1) is 10.6. The lowest BCUT2D eigenvalue weighted by molar-refractivity contribution is 0.00628. The maximum absolute atomic E-state index is 10.9. The highest BCUT2D eigenvalue weighted by Gasteiger charge is 2.26. The van der Waals surface area contributed by atoms with Gasteiger partial charge in [-0.15, -0.1) is 0 Å². The lowest BCUT2D eigenvalue weighted by Crippen LogP contribution is -2.30. The molecule has 0 bridgehead atoms. The first-order valence-electron chi connectivity index (χ1n) is 9.14. The minimum absolute atomic E-state index is 0.431. The number of rotatable bonds is 6. The van der Waals surface area contributed by atoms with Crippen molar-refractivity contribution in [2.45, 2.75) is 82.7 Å². The topological polar surface area (TPSA) is 46.2 Å². The highest BCUT2D eigenvalue weighted by molar-refractivity contribution is 5.26. The molecule has 1 aliphatic rings. The second kappa shape index (κ2) is 8.69. The van der Waals surface area contributed by atoms with Crippen molar-refractivity contribution in [1.82, 2.24) is 0 Å². The Morgan fingerprint density at radius 3 is 2.50 bits per heavy atom. The van der Waals surface area contributed by atoms with Gasteiger partial charge in [0.05, 0.1) is 5.60 Å². The fourth-order valence-electron chi connectivity index (χ4n) is 3.66. The van der Waals surface area contributed by atoms with Crippen LogP contribution in [0.5, 0.6) is 0 Å². The van der Waals surface area contributed by atoms with Gasteiger partial charge in [-0.3, -0.25) is 0 Å². The largest absolute Gasteiger partial charge is 0.390 e. The van der Waals surface area contributed by atoms with Gasteiger partial charge in [-0.05, 0) is 55.7 Å². The van der Waals surface area contributed by atoms with Crippen LogP contribution in [-0.4, -0.2) is 17.3 Å². The Morgan fingerprint density at radius 2 is 1.82 bits per heavy atom. The van der Waals surface area contributed by atoms with Crippen molar-refractivity contribution in [3.05, 3.63) is 35.4 Å². The van der Waals surface area contributed by atoms with Crippen LogP contribution in [0.3, 0.4) is 0 Å². The Hall–Kier alpha value is -0.860. The second-order valence-electron chi connectivity index (χ2n) is 7.22. The van der Waals surface area contributed by atoms with Crippen molar-refractivity contribution < 1.29 is 5.11 Å². The normalized spacial score (nSPS) is 20.1. The van der Waals surface area contributed by atoms with Crippen molar-refractivity contribution in [3.8, 4) is 0 Å². The van der Waals surface area contributed by atoms with E-state index in [0.717, 1.165) is 38.6 Å². The molecule has 3 N–H and O–H groups in total. The maximum Gasteiger partial charge on any atom is 0.0651 e. The molecule has 0 radical (unpaired) electrons. The number of aliphatic hydroxyl groups is 1. The van der Waals surface area contributed by atoms with Gasteiger partial charge in [0, 0.05) is 0 Å². The molecule has 1 aromatic rings. The molecular formula is C20H33NO. The van der Waals surface area contributed by atoms with Crippen LogP contribution in [0, 0.1) is 0 Å². The monoisotopic (exact) mass is 303 g/mol. The lowest BCUT2D eigenvalue weighted by Gasteiger charge is -2.30. The zero-order valence-electron chi connectivity index (χ0n) is 14.2. The summed E-state index contributed by atoms with van der Waals surface area (Å²) in [4.78, 5) is 0. The Kier molecular flexibility index (Phi) is 6.91. The molecule has 0 saturated heterocycles. The molecule has 1 atom stereocenters. The van der Waals surface area contributed by atoms with Crippen molar-refractivity contribution in [2.24, 2.45) is 5.73 Å². The van der Waals surface area contributed by atoms with Gasteiger partial charge in [-0.2, -0.15) is 0 Å². The second-order valence-corrected chi connectivity index (χ2v) is 7.22. The molecule has 1 fully saturated rings. The van der Waals surface area contributed by atoms with E-state index in [1.54, 1.807) is 0 Å². The fraction of sp³-hybridized carbons (Fsp3) is 0.700. The van der Waals surface area contributed by atoms with Gasteiger partial charge in [0.1, 0.15) is 0 Å². The molecule has 0 aromatic heterocycles. The fourth-order valence-corrected chi connectivity index (χ4v) is 3.66. The van der Waals surface area contributed by atoms with Crippen LogP contribution >= 0.6 is 0 Å². The zero-order chi connectivity index (χ0) is 15.8. The molecule has 2 heteroatoms. The minimum Gasteiger partial charge on any atom is -0.390 e. The van der Waals surface area contributed by atoms with Crippen LogP contribution in [0.25, 0.3) is 0 Å². The average molecular weight is 303 g/mol. The quantitative estimate of drug-likeness (QED) is 0.810. The predicted molar refractivity (Wildman–Crippen MR) is 94.1 cm³/mol. The zero-order valence-corrected chi connectivity index (χ0v) is 14.2. The van der Waals surface area contributed by atoms with Crippen molar-refractivity contribution in [2.75, 3.05) is 6.54 Å². The van der Waals surface area contributed by atoms with E-state index in [4.69, 9.17) is 5.73 Å². The molecule has 1 aliphatic carbocycles. The van der Waals surface area contributed by atoms with E-state index in [9.17, 15) is 5.11 Å². The minimum atomic E-state index is -0.431. The number of nitrogens with two attached hydrogens (primary N) is 1. The smallest absolute Gasteiger partial charge is 0.0651 e. The molecule has 0 amide bonds. The molecule has 2 nitrogen and oxygen atoms in total. The van der Waals surface area contributed by atoms with Crippen molar-refractivity contribution in [1.29, 1.82) is 0 Å².